The lowest BCUT2D eigenvalue weighted by atomic mass is 10.1. The fourth-order valence-electron chi connectivity index (χ4n) is 2.56. The van der Waals surface area contributed by atoms with Crippen molar-refractivity contribution in [1.82, 2.24) is 5.32 Å². The molecule has 0 aliphatic carbocycles. The number of hydrogen-bond donors (Lipinski definition) is 1. The van der Waals surface area contributed by atoms with E-state index in [9.17, 15) is 24.5 Å². The molecule has 0 heterocycles. The number of unbranched alkanes of at least 4 members (excludes halogenated alkanes) is 1. The van der Waals surface area contributed by atoms with Gasteiger partial charge >= 0.3 is 11.9 Å². The van der Waals surface area contributed by atoms with Gasteiger partial charge in [-0.3, -0.25) is 9.59 Å². The van der Waals surface area contributed by atoms with E-state index in [1.165, 1.54) is 0 Å². The Hall–Kier alpha value is -3.43. The van der Waals surface area contributed by atoms with E-state index in [0.29, 0.717) is 25.0 Å². The number of ether oxygens (including phenoxy) is 2. The maximum atomic E-state index is 12.1. The van der Waals surface area contributed by atoms with Gasteiger partial charge in [-0.25, -0.2) is 4.79 Å². The summed E-state index contributed by atoms with van der Waals surface area (Å²) in [6, 6.07) is 5.96. The third-order valence-corrected chi connectivity index (χ3v) is 4.26. The third-order valence-electron chi connectivity index (χ3n) is 4.26. The van der Waals surface area contributed by atoms with Crippen LogP contribution in [0.4, 0.5) is 0 Å². The van der Waals surface area contributed by atoms with Crippen LogP contribution in [0.5, 0.6) is 5.75 Å². The molecule has 0 radical (unpaired) electrons. The Balaban J connectivity index is 2.29. The van der Waals surface area contributed by atoms with Gasteiger partial charge in [-0.15, -0.1) is 10.1 Å². The number of benzene rings is 1. The highest BCUT2D eigenvalue weighted by atomic mass is 16.9. The first-order chi connectivity index (χ1) is 15.3. The number of allylic oxidation sites excluding steroid dienone is 2. The SMILES string of the molecule is C/C=C\CCCC(=O)NC(C)C(=O)Oc1ccc(CCOC(=O)CCCO[N+](=O)[O-])cc1. The molecule has 10 heteroatoms. The van der Waals surface area contributed by atoms with Crippen LogP contribution in [0.2, 0.25) is 0 Å². The molecule has 0 aliphatic heterocycles. The van der Waals surface area contributed by atoms with Gasteiger partial charge in [0.2, 0.25) is 5.91 Å². The molecule has 0 fully saturated rings. The smallest absolute Gasteiger partial charge is 0.333 e. The maximum absolute atomic E-state index is 12.1. The number of amides is 1. The van der Waals surface area contributed by atoms with Gasteiger partial charge in [-0.2, -0.15) is 0 Å². The minimum absolute atomic E-state index is 0.0350. The van der Waals surface area contributed by atoms with Crippen LogP contribution in [0.1, 0.15) is 51.5 Å². The highest BCUT2D eigenvalue weighted by Gasteiger charge is 2.17. The molecule has 176 valence electrons. The Kier molecular flexibility index (Phi) is 12.8. The molecule has 1 unspecified atom stereocenters. The van der Waals surface area contributed by atoms with Crippen molar-refractivity contribution >= 4 is 17.8 Å². The molecule has 0 saturated heterocycles. The molecule has 0 saturated carbocycles. The van der Waals surface area contributed by atoms with E-state index in [2.05, 4.69) is 10.2 Å². The Morgan fingerprint density at radius 2 is 1.84 bits per heavy atom. The first-order valence-corrected chi connectivity index (χ1v) is 10.5. The number of carbonyl (C=O) groups excluding carboxylic acids is 3. The molecule has 0 bridgehead atoms. The normalized spacial score (nSPS) is 11.6. The molecule has 0 aliphatic rings. The Morgan fingerprint density at radius 1 is 1.12 bits per heavy atom. The summed E-state index contributed by atoms with van der Waals surface area (Å²) >= 11 is 0. The van der Waals surface area contributed by atoms with Crippen LogP contribution in [-0.2, 0) is 30.4 Å². The van der Waals surface area contributed by atoms with Crippen molar-refractivity contribution in [3.63, 3.8) is 0 Å². The Labute approximate surface area is 187 Å². The van der Waals surface area contributed by atoms with Crippen LogP contribution in [-0.4, -0.2) is 42.2 Å². The molecule has 1 rings (SSSR count). The zero-order valence-electron chi connectivity index (χ0n) is 18.4. The summed E-state index contributed by atoms with van der Waals surface area (Å²) in [6.45, 7) is 3.49. The molecule has 1 amide bonds. The van der Waals surface area contributed by atoms with Crippen molar-refractivity contribution in [3.05, 3.63) is 52.1 Å². The van der Waals surface area contributed by atoms with Crippen LogP contribution in [0.25, 0.3) is 0 Å². The molecule has 10 nitrogen and oxygen atoms in total. The summed E-state index contributed by atoms with van der Waals surface area (Å²) < 4.78 is 10.3. The average molecular weight is 450 g/mol. The van der Waals surface area contributed by atoms with Crippen LogP contribution < -0.4 is 10.1 Å². The second kappa shape index (κ2) is 15.4. The fraction of sp³-hybridized carbons (Fsp3) is 0.500. The number of nitrogens with one attached hydrogen (secondary N) is 1. The number of carbonyl (C=O) groups is 3. The monoisotopic (exact) mass is 450 g/mol. The lowest BCUT2D eigenvalue weighted by Gasteiger charge is -2.13. The fourth-order valence-corrected chi connectivity index (χ4v) is 2.56. The number of rotatable bonds is 15. The van der Waals surface area contributed by atoms with Crippen LogP contribution in [0, 0.1) is 10.1 Å². The van der Waals surface area contributed by atoms with Gasteiger partial charge in [0.1, 0.15) is 11.8 Å². The van der Waals surface area contributed by atoms with Gasteiger partial charge < -0.3 is 19.6 Å². The van der Waals surface area contributed by atoms with Gasteiger partial charge in [0.15, 0.2) is 0 Å². The molecule has 0 spiro atoms. The maximum Gasteiger partial charge on any atom is 0.333 e. The predicted octanol–water partition coefficient (Wildman–Crippen LogP) is 2.92. The minimum atomic E-state index is -0.906. The number of esters is 2. The van der Waals surface area contributed by atoms with Crippen molar-refractivity contribution in [2.45, 2.75) is 58.4 Å². The molecule has 0 aromatic heterocycles. The van der Waals surface area contributed by atoms with E-state index in [4.69, 9.17) is 9.47 Å². The first-order valence-electron chi connectivity index (χ1n) is 10.5. The van der Waals surface area contributed by atoms with Crippen molar-refractivity contribution in [2.75, 3.05) is 13.2 Å². The summed E-state index contributed by atoms with van der Waals surface area (Å²) in [4.78, 5) is 49.7. The van der Waals surface area contributed by atoms with Crippen molar-refractivity contribution < 1.29 is 33.8 Å². The summed E-state index contributed by atoms with van der Waals surface area (Å²) in [5.41, 5.74) is 0.872. The minimum Gasteiger partial charge on any atom is -0.465 e. The van der Waals surface area contributed by atoms with E-state index in [1.54, 1.807) is 31.2 Å². The standard InChI is InChI=1S/C22H30N2O8/c1-3-4-5-6-8-20(25)23-17(2)22(27)32-19-12-10-18(11-13-19)14-16-30-21(26)9-7-15-31-24(28)29/h3-4,10-13,17H,5-9,14-16H2,1-2H3,(H,23,25)/b4-3-. The lowest BCUT2D eigenvalue weighted by Crippen LogP contribution is -2.40. The van der Waals surface area contributed by atoms with Crippen LogP contribution in [0.15, 0.2) is 36.4 Å². The first kappa shape index (κ1) is 26.6. The predicted molar refractivity (Wildman–Crippen MR) is 115 cm³/mol. The number of hydrogen-bond acceptors (Lipinski definition) is 8. The molecule has 1 aromatic rings. The highest BCUT2D eigenvalue weighted by molar-refractivity contribution is 5.85. The lowest BCUT2D eigenvalue weighted by molar-refractivity contribution is -0.757. The Morgan fingerprint density at radius 3 is 2.50 bits per heavy atom. The summed E-state index contributed by atoms with van der Waals surface area (Å²) in [6.07, 6.45) is 6.48. The zero-order valence-corrected chi connectivity index (χ0v) is 18.4. The zero-order chi connectivity index (χ0) is 23.8. The van der Waals surface area contributed by atoms with Crippen molar-refractivity contribution in [1.29, 1.82) is 0 Å². The third kappa shape index (κ3) is 12.3. The second-order valence-corrected chi connectivity index (χ2v) is 6.95. The molecule has 1 N–H and O–H groups in total. The molecule has 1 atom stereocenters. The van der Waals surface area contributed by atoms with Crippen LogP contribution in [0.3, 0.4) is 0 Å². The van der Waals surface area contributed by atoms with Gasteiger partial charge in [0.05, 0.1) is 13.2 Å². The summed E-state index contributed by atoms with van der Waals surface area (Å²) in [5.74, 6) is -0.875. The second-order valence-electron chi connectivity index (χ2n) is 6.95. The molecule has 1 aromatic carbocycles. The Bertz CT molecular complexity index is 777. The van der Waals surface area contributed by atoms with Gasteiger partial charge in [-0.1, -0.05) is 24.3 Å². The van der Waals surface area contributed by atoms with Crippen molar-refractivity contribution in [3.8, 4) is 5.75 Å². The summed E-state index contributed by atoms with van der Waals surface area (Å²) in [7, 11) is 0. The largest absolute Gasteiger partial charge is 0.465 e. The van der Waals surface area contributed by atoms with E-state index in [0.717, 1.165) is 12.0 Å². The van der Waals surface area contributed by atoms with E-state index in [-0.39, 0.29) is 32.0 Å². The van der Waals surface area contributed by atoms with Gasteiger partial charge in [-0.05, 0) is 50.8 Å². The van der Waals surface area contributed by atoms with Crippen molar-refractivity contribution in [2.24, 2.45) is 0 Å². The molecular formula is C22H30N2O8. The van der Waals surface area contributed by atoms with Gasteiger partial charge in [0.25, 0.3) is 5.09 Å². The highest BCUT2D eigenvalue weighted by Crippen LogP contribution is 2.14. The molecule has 32 heavy (non-hydrogen) atoms. The van der Waals surface area contributed by atoms with E-state index in [1.807, 2.05) is 19.1 Å². The van der Waals surface area contributed by atoms with E-state index >= 15 is 0 Å². The summed E-state index contributed by atoms with van der Waals surface area (Å²) in [5, 5.41) is 11.7. The van der Waals surface area contributed by atoms with Crippen LogP contribution >= 0.6 is 0 Å². The van der Waals surface area contributed by atoms with E-state index < -0.39 is 23.1 Å². The average Bonchev–Trinajstić information content (AvgIpc) is 2.75. The number of nitrogens with zero attached hydrogens (tertiary/aromatic N) is 1. The topological polar surface area (TPSA) is 134 Å². The quantitative estimate of drug-likeness (QED) is 0.108. The molecular weight excluding hydrogens is 420 g/mol. The van der Waals surface area contributed by atoms with Gasteiger partial charge in [0, 0.05) is 19.3 Å².